The van der Waals surface area contributed by atoms with Crippen LogP contribution in [0, 0.1) is 5.92 Å². The quantitative estimate of drug-likeness (QED) is 0.503. The predicted molar refractivity (Wildman–Crippen MR) is 137 cm³/mol. The van der Waals surface area contributed by atoms with Crippen molar-refractivity contribution in [3.05, 3.63) is 64.3 Å². The second kappa shape index (κ2) is 10.1. The number of fused-ring (bicyclic) bond motifs is 1. The van der Waals surface area contributed by atoms with Crippen LogP contribution < -0.4 is 21.1 Å². The first-order valence-corrected chi connectivity index (χ1v) is 12.6. The molecule has 4 heterocycles. The van der Waals surface area contributed by atoms with Gasteiger partial charge < -0.3 is 15.5 Å². The average molecular weight is 478 g/mol. The normalized spacial score (nSPS) is 19.6. The van der Waals surface area contributed by atoms with Crippen LogP contribution in [0.25, 0.3) is 5.65 Å². The summed E-state index contributed by atoms with van der Waals surface area (Å²) in [5, 5.41) is 16.0. The molecular weight excluding hydrogens is 446 g/mol. The van der Waals surface area contributed by atoms with Crippen LogP contribution in [0.3, 0.4) is 0 Å². The van der Waals surface area contributed by atoms with E-state index in [-0.39, 0.29) is 11.6 Å². The van der Waals surface area contributed by atoms with Gasteiger partial charge >= 0.3 is 0 Å². The molecule has 2 aliphatic rings. The number of hydrogen-bond acceptors (Lipinski definition) is 7. The average Bonchev–Trinajstić information content (AvgIpc) is 2.83. The highest BCUT2D eigenvalue weighted by atomic mass is 32.1. The minimum atomic E-state index is -0.164. The largest absolute Gasteiger partial charge is 0.366 e. The van der Waals surface area contributed by atoms with E-state index in [0.717, 1.165) is 43.5 Å². The van der Waals surface area contributed by atoms with Crippen molar-refractivity contribution >= 4 is 28.7 Å². The molecule has 0 amide bonds. The third-order valence-electron chi connectivity index (χ3n) is 6.93. The second-order valence-corrected chi connectivity index (χ2v) is 9.82. The van der Waals surface area contributed by atoms with Crippen molar-refractivity contribution in [1.82, 2.24) is 30.2 Å². The Morgan fingerprint density at radius 2 is 2.06 bits per heavy atom. The number of rotatable bonds is 7. The molecule has 1 aliphatic carbocycles. The highest BCUT2D eigenvalue weighted by Gasteiger charge is 2.24. The predicted octanol–water partition coefficient (Wildman–Crippen LogP) is 2.87. The number of piperidine rings is 1. The summed E-state index contributed by atoms with van der Waals surface area (Å²) >= 11 is 5.53. The van der Waals surface area contributed by atoms with E-state index in [9.17, 15) is 4.79 Å². The van der Waals surface area contributed by atoms with Crippen LogP contribution in [0.2, 0.25) is 0 Å². The van der Waals surface area contributed by atoms with E-state index in [1.165, 1.54) is 36.2 Å². The molecule has 0 radical (unpaired) electrons. The van der Waals surface area contributed by atoms with Crippen LogP contribution in [0.4, 0.5) is 5.82 Å². The standard InChI is InChI=1S/C25H31N7OS/c1-17(27-25(34)21-14-24(33)32-13-3-2-9-22(32)28-21)20-10-11-23(30-29-20)31-12-5-8-19(16-31)26-15-18-6-4-7-18/h2-3,9-11,13-14,17-19,26H,4-8,12,15-16H2,1H3,(H,27,34)/t17?,19-/m1/s1. The Hall–Kier alpha value is -2.91. The minimum absolute atomic E-state index is 0.163. The van der Waals surface area contributed by atoms with Gasteiger partial charge in [0.25, 0.3) is 5.56 Å². The Bertz CT molecular complexity index is 1210. The molecular formula is C25H31N7OS. The summed E-state index contributed by atoms with van der Waals surface area (Å²) in [5.41, 5.74) is 1.65. The summed E-state index contributed by atoms with van der Waals surface area (Å²) in [6, 6.07) is 11.3. The van der Waals surface area contributed by atoms with E-state index < -0.39 is 0 Å². The van der Waals surface area contributed by atoms with Crippen LogP contribution in [-0.2, 0) is 0 Å². The molecule has 178 valence electrons. The Labute approximate surface area is 204 Å². The summed E-state index contributed by atoms with van der Waals surface area (Å²) in [6.45, 7) is 5.11. The maximum atomic E-state index is 12.4. The molecule has 9 heteroatoms. The van der Waals surface area contributed by atoms with Crippen LogP contribution in [0.15, 0.2) is 47.4 Å². The molecule has 1 saturated carbocycles. The number of anilines is 1. The van der Waals surface area contributed by atoms with Gasteiger partial charge in [-0.15, -0.1) is 5.10 Å². The van der Waals surface area contributed by atoms with Gasteiger partial charge in [-0.3, -0.25) is 9.20 Å². The maximum absolute atomic E-state index is 12.4. The second-order valence-electron chi connectivity index (χ2n) is 9.41. The molecule has 3 aromatic heterocycles. The van der Waals surface area contributed by atoms with E-state index in [1.54, 1.807) is 18.3 Å². The van der Waals surface area contributed by atoms with Gasteiger partial charge in [-0.2, -0.15) is 5.10 Å². The molecule has 5 rings (SSSR count). The van der Waals surface area contributed by atoms with E-state index in [1.807, 2.05) is 25.1 Å². The number of thiocarbonyl (C=S) groups is 1. The van der Waals surface area contributed by atoms with E-state index in [4.69, 9.17) is 12.2 Å². The van der Waals surface area contributed by atoms with Gasteiger partial charge in [-0.1, -0.05) is 24.7 Å². The fourth-order valence-corrected chi connectivity index (χ4v) is 4.91. The zero-order valence-corrected chi connectivity index (χ0v) is 20.3. The van der Waals surface area contributed by atoms with Gasteiger partial charge in [0.1, 0.15) is 16.3 Å². The van der Waals surface area contributed by atoms with Gasteiger partial charge in [0.15, 0.2) is 5.82 Å². The number of pyridine rings is 1. The Morgan fingerprint density at radius 3 is 2.82 bits per heavy atom. The van der Waals surface area contributed by atoms with Crippen molar-refractivity contribution in [2.75, 3.05) is 24.5 Å². The number of aromatic nitrogens is 4. The highest BCUT2D eigenvalue weighted by Crippen LogP contribution is 2.26. The molecule has 8 nitrogen and oxygen atoms in total. The Morgan fingerprint density at radius 1 is 1.18 bits per heavy atom. The van der Waals surface area contributed by atoms with Crippen molar-refractivity contribution < 1.29 is 0 Å². The molecule has 1 unspecified atom stereocenters. The number of nitrogens with zero attached hydrogens (tertiary/aromatic N) is 5. The van der Waals surface area contributed by atoms with Crippen LogP contribution in [0.5, 0.6) is 0 Å². The first kappa shape index (κ1) is 22.9. The van der Waals surface area contributed by atoms with Crippen LogP contribution in [-0.4, -0.2) is 50.2 Å². The van der Waals surface area contributed by atoms with Crippen molar-refractivity contribution in [2.45, 2.75) is 51.1 Å². The number of nitrogens with one attached hydrogen (secondary N) is 2. The first-order chi connectivity index (χ1) is 16.6. The summed E-state index contributed by atoms with van der Waals surface area (Å²) in [5.74, 6) is 1.79. The molecule has 1 saturated heterocycles. The third-order valence-corrected chi connectivity index (χ3v) is 7.26. The Kier molecular flexibility index (Phi) is 6.82. The molecule has 34 heavy (non-hydrogen) atoms. The lowest BCUT2D eigenvalue weighted by atomic mass is 9.85. The van der Waals surface area contributed by atoms with Crippen molar-refractivity contribution in [2.24, 2.45) is 5.92 Å². The molecule has 0 spiro atoms. The Balaban J connectivity index is 1.20. The highest BCUT2D eigenvalue weighted by molar-refractivity contribution is 7.80. The van der Waals surface area contributed by atoms with E-state index in [0.29, 0.717) is 22.4 Å². The third kappa shape index (κ3) is 5.10. The summed E-state index contributed by atoms with van der Waals surface area (Å²) < 4.78 is 1.49. The molecule has 2 atom stereocenters. The molecule has 2 fully saturated rings. The lowest BCUT2D eigenvalue weighted by Crippen LogP contribution is -2.47. The van der Waals surface area contributed by atoms with Gasteiger partial charge in [0.2, 0.25) is 0 Å². The van der Waals surface area contributed by atoms with Crippen LogP contribution in [0.1, 0.15) is 56.5 Å². The van der Waals surface area contributed by atoms with Crippen LogP contribution >= 0.6 is 12.2 Å². The van der Waals surface area contributed by atoms with Crippen molar-refractivity contribution in [3.63, 3.8) is 0 Å². The summed E-state index contributed by atoms with van der Waals surface area (Å²) in [6.07, 6.45) is 8.22. The zero-order chi connectivity index (χ0) is 23.5. The fraction of sp³-hybridized carbons (Fsp3) is 0.480. The molecule has 2 N–H and O–H groups in total. The topological polar surface area (TPSA) is 87.5 Å². The molecule has 0 aromatic carbocycles. The zero-order valence-electron chi connectivity index (χ0n) is 19.5. The lowest BCUT2D eigenvalue weighted by molar-refractivity contribution is 0.280. The summed E-state index contributed by atoms with van der Waals surface area (Å²) in [4.78, 5) is 19.6. The molecule has 1 aliphatic heterocycles. The number of hydrogen-bond donors (Lipinski definition) is 2. The van der Waals surface area contributed by atoms with Gasteiger partial charge in [-0.05, 0) is 69.3 Å². The minimum Gasteiger partial charge on any atom is -0.366 e. The fourth-order valence-electron chi connectivity index (χ4n) is 4.63. The van der Waals surface area contributed by atoms with Gasteiger partial charge in [0, 0.05) is 31.4 Å². The smallest absolute Gasteiger partial charge is 0.258 e. The van der Waals surface area contributed by atoms with Gasteiger partial charge in [0.05, 0.1) is 11.7 Å². The SMILES string of the molecule is CC(NC(=S)c1cc(=O)n2ccccc2n1)c1ccc(N2CCC[C@@H](NCC3CCC3)C2)nn1. The monoisotopic (exact) mass is 477 g/mol. The van der Waals surface area contributed by atoms with Crippen molar-refractivity contribution in [1.29, 1.82) is 0 Å². The van der Waals surface area contributed by atoms with E-state index >= 15 is 0 Å². The molecule has 3 aromatic rings. The van der Waals surface area contributed by atoms with E-state index in [2.05, 4.69) is 30.7 Å². The maximum Gasteiger partial charge on any atom is 0.258 e. The molecule has 0 bridgehead atoms. The van der Waals surface area contributed by atoms with Gasteiger partial charge in [-0.25, -0.2) is 4.98 Å². The first-order valence-electron chi connectivity index (χ1n) is 12.2. The van der Waals surface area contributed by atoms with Crippen molar-refractivity contribution in [3.8, 4) is 0 Å². The summed E-state index contributed by atoms with van der Waals surface area (Å²) in [7, 11) is 0. The lowest BCUT2D eigenvalue weighted by Gasteiger charge is -2.35.